The van der Waals surface area contributed by atoms with Crippen LogP contribution in [0.2, 0.25) is 0 Å². The Balaban J connectivity index is 1.20. The highest BCUT2D eigenvalue weighted by atomic mass is 16.6. The number of fused-ring (bicyclic) bond motifs is 5. The number of nitrogens with zero attached hydrogens (tertiary/aromatic N) is 2. The Morgan fingerprint density at radius 3 is 2.19 bits per heavy atom. The maximum absolute atomic E-state index is 13.4. The number of ether oxygens (including phenoxy) is 2. The van der Waals surface area contributed by atoms with E-state index in [1.54, 1.807) is 18.2 Å². The molecule has 0 radical (unpaired) electrons. The van der Waals surface area contributed by atoms with Crippen molar-refractivity contribution in [2.75, 3.05) is 13.7 Å². The molecule has 2 bridgehead atoms. The van der Waals surface area contributed by atoms with E-state index in [1.807, 2.05) is 29.2 Å². The Bertz CT molecular complexity index is 1320. The van der Waals surface area contributed by atoms with Gasteiger partial charge in [0.2, 0.25) is 0 Å². The molecular formula is C30H28N2O4. The zero-order valence-corrected chi connectivity index (χ0v) is 20.2. The Labute approximate surface area is 210 Å². The smallest absolute Gasteiger partial charge is 0.410 e. The summed E-state index contributed by atoms with van der Waals surface area (Å²) in [5.41, 5.74) is 4.51. The normalized spacial score (nSPS) is 24.1. The fourth-order valence-corrected chi connectivity index (χ4v) is 6.62. The van der Waals surface area contributed by atoms with Gasteiger partial charge in [-0.2, -0.15) is 5.26 Å². The van der Waals surface area contributed by atoms with Gasteiger partial charge >= 0.3 is 6.09 Å². The summed E-state index contributed by atoms with van der Waals surface area (Å²) >= 11 is 0. The highest BCUT2D eigenvalue weighted by Gasteiger charge is 2.51. The summed E-state index contributed by atoms with van der Waals surface area (Å²) in [6.07, 6.45) is 2.04. The number of methoxy groups -OCH3 is 1. The van der Waals surface area contributed by atoms with Crippen LogP contribution in [0.15, 0.2) is 66.7 Å². The monoisotopic (exact) mass is 480 g/mol. The van der Waals surface area contributed by atoms with Gasteiger partial charge in [0, 0.05) is 36.4 Å². The second kappa shape index (κ2) is 8.69. The van der Waals surface area contributed by atoms with Gasteiger partial charge in [-0.25, -0.2) is 4.79 Å². The van der Waals surface area contributed by atoms with Crippen LogP contribution in [-0.2, 0) is 10.3 Å². The summed E-state index contributed by atoms with van der Waals surface area (Å²) in [5.74, 6) is 0.463. The first-order valence-electron chi connectivity index (χ1n) is 12.5. The van der Waals surface area contributed by atoms with Crippen molar-refractivity contribution in [3.05, 3.63) is 89.0 Å². The molecule has 0 saturated carbocycles. The van der Waals surface area contributed by atoms with Crippen molar-refractivity contribution in [1.29, 1.82) is 5.26 Å². The Kier molecular flexibility index (Phi) is 5.46. The number of hydrogen-bond acceptors (Lipinski definition) is 5. The number of carbonyl (C=O) groups excluding carboxylic acids is 1. The highest BCUT2D eigenvalue weighted by molar-refractivity contribution is 5.79. The van der Waals surface area contributed by atoms with E-state index in [9.17, 15) is 15.2 Å². The lowest BCUT2D eigenvalue weighted by Crippen LogP contribution is -2.52. The minimum Gasteiger partial charge on any atom is -0.495 e. The van der Waals surface area contributed by atoms with E-state index < -0.39 is 5.60 Å². The molecule has 1 N–H and O–H groups in total. The van der Waals surface area contributed by atoms with Crippen molar-refractivity contribution in [2.24, 2.45) is 0 Å². The lowest BCUT2D eigenvalue weighted by atomic mass is 9.78. The molecule has 2 unspecified atom stereocenters. The first-order chi connectivity index (χ1) is 17.5. The minimum absolute atomic E-state index is 0.00990. The molecule has 0 aromatic heterocycles. The van der Waals surface area contributed by atoms with Crippen LogP contribution >= 0.6 is 0 Å². The molecule has 6 nitrogen and oxygen atoms in total. The van der Waals surface area contributed by atoms with E-state index in [0.29, 0.717) is 29.7 Å². The molecule has 2 saturated heterocycles. The van der Waals surface area contributed by atoms with Gasteiger partial charge in [-0.3, -0.25) is 0 Å². The van der Waals surface area contributed by atoms with Crippen LogP contribution in [0.5, 0.6) is 5.75 Å². The maximum atomic E-state index is 13.4. The van der Waals surface area contributed by atoms with E-state index in [0.717, 1.165) is 12.8 Å². The molecule has 2 atom stereocenters. The molecule has 36 heavy (non-hydrogen) atoms. The number of amides is 1. The van der Waals surface area contributed by atoms with Crippen molar-refractivity contribution in [1.82, 2.24) is 4.90 Å². The van der Waals surface area contributed by atoms with E-state index in [1.165, 1.54) is 29.4 Å². The van der Waals surface area contributed by atoms with E-state index in [4.69, 9.17) is 9.47 Å². The summed E-state index contributed by atoms with van der Waals surface area (Å²) in [6, 6.07) is 23.8. The Morgan fingerprint density at radius 1 is 1.00 bits per heavy atom. The highest BCUT2D eigenvalue weighted by Crippen LogP contribution is 2.48. The average molecular weight is 481 g/mol. The van der Waals surface area contributed by atoms with Gasteiger partial charge in [-0.15, -0.1) is 0 Å². The summed E-state index contributed by atoms with van der Waals surface area (Å²) in [7, 11) is 1.52. The quantitative estimate of drug-likeness (QED) is 0.546. The third-order valence-corrected chi connectivity index (χ3v) is 8.17. The van der Waals surface area contributed by atoms with Crippen LogP contribution in [0.25, 0.3) is 11.1 Å². The van der Waals surface area contributed by atoms with E-state index >= 15 is 0 Å². The molecule has 3 aromatic carbocycles. The van der Waals surface area contributed by atoms with E-state index in [-0.39, 0.29) is 30.7 Å². The van der Waals surface area contributed by atoms with E-state index in [2.05, 4.69) is 30.3 Å². The van der Waals surface area contributed by atoms with Gasteiger partial charge in [0.15, 0.2) is 0 Å². The first kappa shape index (κ1) is 22.6. The molecule has 0 spiro atoms. The fourth-order valence-electron chi connectivity index (χ4n) is 6.62. The number of carbonyl (C=O) groups is 1. The molecule has 182 valence electrons. The second-order valence-corrected chi connectivity index (χ2v) is 10.0. The summed E-state index contributed by atoms with van der Waals surface area (Å²) < 4.78 is 11.3. The summed E-state index contributed by atoms with van der Waals surface area (Å²) in [4.78, 5) is 15.2. The van der Waals surface area contributed by atoms with Crippen LogP contribution in [0, 0.1) is 11.3 Å². The van der Waals surface area contributed by atoms with Gasteiger partial charge in [0.25, 0.3) is 0 Å². The standard InChI is InChI=1S/C30H28N2O4/c1-35-28-12-6-11-27(25(28)17-31)30(34)15-19-13-14-20(16-30)32(19)29(33)36-18-26-23-9-4-2-7-21(23)22-8-3-5-10-24(22)26/h2-12,19-20,26,34H,13-16,18H2,1H3. The molecule has 6 heteroatoms. The number of hydrogen-bond donors (Lipinski definition) is 1. The average Bonchev–Trinajstić information content (AvgIpc) is 3.38. The molecule has 1 aliphatic carbocycles. The Morgan fingerprint density at radius 2 is 1.61 bits per heavy atom. The van der Waals surface area contributed by atoms with Crippen molar-refractivity contribution >= 4 is 6.09 Å². The van der Waals surface area contributed by atoms with Crippen LogP contribution in [0.4, 0.5) is 4.79 Å². The van der Waals surface area contributed by atoms with Gasteiger partial charge in [-0.1, -0.05) is 60.7 Å². The third kappa shape index (κ3) is 3.46. The first-order valence-corrected chi connectivity index (χ1v) is 12.5. The summed E-state index contributed by atoms with van der Waals surface area (Å²) in [5, 5.41) is 21.4. The molecule has 2 aliphatic heterocycles. The lowest BCUT2D eigenvalue weighted by molar-refractivity contribution is -0.0533. The molecule has 3 aliphatic rings. The molecule has 6 rings (SSSR count). The fraction of sp³-hybridized carbons (Fsp3) is 0.333. The largest absolute Gasteiger partial charge is 0.495 e. The molecular weight excluding hydrogens is 452 g/mol. The maximum Gasteiger partial charge on any atom is 0.410 e. The summed E-state index contributed by atoms with van der Waals surface area (Å²) in [6.45, 7) is 0.279. The lowest BCUT2D eigenvalue weighted by Gasteiger charge is -2.43. The number of nitriles is 1. The number of rotatable bonds is 4. The van der Waals surface area contributed by atoms with Crippen LogP contribution in [0.1, 0.15) is 53.9 Å². The van der Waals surface area contributed by atoms with Gasteiger partial charge in [-0.05, 0) is 41.2 Å². The van der Waals surface area contributed by atoms with Crippen LogP contribution < -0.4 is 4.74 Å². The second-order valence-electron chi connectivity index (χ2n) is 10.0. The minimum atomic E-state index is -1.19. The van der Waals surface area contributed by atoms with Crippen LogP contribution in [0.3, 0.4) is 0 Å². The number of benzene rings is 3. The SMILES string of the molecule is COc1cccc(C2(O)CC3CCC(C2)N3C(=O)OCC2c3ccccc3-c3ccccc32)c1C#N. The van der Waals surface area contributed by atoms with Crippen molar-refractivity contribution < 1.29 is 19.4 Å². The number of aliphatic hydroxyl groups is 1. The molecule has 2 heterocycles. The Hall–Kier alpha value is -3.82. The molecule has 2 fully saturated rings. The topological polar surface area (TPSA) is 82.8 Å². The van der Waals surface area contributed by atoms with Gasteiger partial charge in [0.05, 0.1) is 12.7 Å². The predicted octanol–water partition coefficient (Wildman–Crippen LogP) is 5.33. The van der Waals surface area contributed by atoms with Crippen molar-refractivity contribution in [3.63, 3.8) is 0 Å². The van der Waals surface area contributed by atoms with Gasteiger partial charge in [0.1, 0.15) is 24.0 Å². The third-order valence-electron chi connectivity index (χ3n) is 8.17. The molecule has 3 aromatic rings. The van der Waals surface area contributed by atoms with Crippen LogP contribution in [-0.4, -0.2) is 41.9 Å². The zero-order chi connectivity index (χ0) is 24.9. The van der Waals surface area contributed by atoms with Crippen molar-refractivity contribution in [2.45, 2.75) is 49.3 Å². The number of piperidine rings is 1. The zero-order valence-electron chi connectivity index (χ0n) is 20.2. The van der Waals surface area contributed by atoms with Crippen molar-refractivity contribution in [3.8, 4) is 22.9 Å². The molecule has 1 amide bonds. The van der Waals surface area contributed by atoms with Gasteiger partial charge < -0.3 is 19.5 Å². The predicted molar refractivity (Wildman–Crippen MR) is 135 cm³/mol.